The quantitative estimate of drug-likeness (QED) is 0.772. The summed E-state index contributed by atoms with van der Waals surface area (Å²) < 4.78 is 57.0. The summed E-state index contributed by atoms with van der Waals surface area (Å²) in [5, 5.41) is 1.18. The smallest absolute Gasteiger partial charge is 0.387 e. The Bertz CT molecular complexity index is 494. The average Bonchev–Trinajstić information content (AvgIpc) is 2.28. The fourth-order valence-electron chi connectivity index (χ4n) is 1.57. The second-order valence-corrected chi connectivity index (χ2v) is 3.40. The highest BCUT2D eigenvalue weighted by Gasteiger charge is 2.15. The first-order valence-electron chi connectivity index (χ1n) is 4.98. The van der Waals surface area contributed by atoms with Crippen LogP contribution in [0.4, 0.5) is 17.6 Å². The van der Waals surface area contributed by atoms with Crippen LogP contribution in [0.15, 0.2) is 36.4 Å². The Labute approximate surface area is 99.7 Å². The topological polar surface area (TPSA) is 18.5 Å². The molecule has 2 rings (SSSR count). The van der Waals surface area contributed by atoms with Crippen LogP contribution < -0.4 is 9.47 Å². The van der Waals surface area contributed by atoms with E-state index in [1.165, 1.54) is 12.1 Å². The van der Waals surface area contributed by atoms with E-state index in [1.54, 1.807) is 24.3 Å². The van der Waals surface area contributed by atoms with Crippen molar-refractivity contribution in [1.82, 2.24) is 0 Å². The van der Waals surface area contributed by atoms with Crippen molar-refractivity contribution in [3.8, 4) is 11.5 Å². The molecule has 0 unspecified atom stereocenters. The van der Waals surface area contributed by atoms with Crippen molar-refractivity contribution in [2.75, 3.05) is 0 Å². The summed E-state index contributed by atoms with van der Waals surface area (Å²) in [6.07, 6.45) is 0. The van der Waals surface area contributed by atoms with Gasteiger partial charge in [-0.05, 0) is 22.9 Å². The molecule has 2 aromatic carbocycles. The van der Waals surface area contributed by atoms with E-state index in [9.17, 15) is 17.6 Å². The van der Waals surface area contributed by atoms with Crippen LogP contribution in [-0.2, 0) is 0 Å². The molecule has 0 atom stereocenters. The number of benzene rings is 2. The Hall–Kier alpha value is -1.98. The summed E-state index contributed by atoms with van der Waals surface area (Å²) in [6, 6.07) is 9.17. The predicted octanol–water partition coefficient (Wildman–Crippen LogP) is 4.04. The summed E-state index contributed by atoms with van der Waals surface area (Å²) in [7, 11) is 0. The lowest BCUT2D eigenvalue weighted by Crippen LogP contribution is -2.07. The van der Waals surface area contributed by atoms with Crippen molar-refractivity contribution in [3.05, 3.63) is 36.4 Å². The molecule has 0 fully saturated rings. The van der Waals surface area contributed by atoms with Gasteiger partial charge in [0.05, 0.1) is 0 Å². The second-order valence-electron chi connectivity index (χ2n) is 3.40. The van der Waals surface area contributed by atoms with Gasteiger partial charge in [0.2, 0.25) is 0 Å². The summed E-state index contributed by atoms with van der Waals surface area (Å²) in [6.45, 7) is -6.21. The molecule has 18 heavy (non-hydrogen) atoms. The van der Waals surface area contributed by atoms with Crippen LogP contribution in [0.5, 0.6) is 11.5 Å². The van der Waals surface area contributed by atoms with Crippen molar-refractivity contribution in [3.63, 3.8) is 0 Å². The van der Waals surface area contributed by atoms with Crippen molar-refractivity contribution >= 4 is 10.8 Å². The molecule has 0 saturated carbocycles. The molecule has 0 radical (unpaired) electrons. The van der Waals surface area contributed by atoms with E-state index in [0.717, 1.165) is 0 Å². The Morgan fingerprint density at radius 2 is 1.11 bits per heavy atom. The zero-order valence-electron chi connectivity index (χ0n) is 8.95. The molecular weight excluding hydrogens is 252 g/mol. The molecule has 0 aromatic heterocycles. The molecular formula is C12H8F4O2. The Kier molecular flexibility index (Phi) is 3.55. The summed E-state index contributed by atoms with van der Waals surface area (Å²) in [5.41, 5.74) is 0. The van der Waals surface area contributed by atoms with Gasteiger partial charge in [-0.3, -0.25) is 0 Å². The van der Waals surface area contributed by atoms with Crippen LogP contribution in [0.1, 0.15) is 0 Å². The van der Waals surface area contributed by atoms with Crippen LogP contribution in [0.25, 0.3) is 10.8 Å². The number of halogens is 4. The van der Waals surface area contributed by atoms with Crippen LogP contribution >= 0.6 is 0 Å². The van der Waals surface area contributed by atoms with Crippen molar-refractivity contribution < 1.29 is 27.0 Å². The largest absolute Gasteiger partial charge is 0.431 e. The maximum Gasteiger partial charge on any atom is 0.387 e. The fraction of sp³-hybridized carbons (Fsp3) is 0.167. The minimum Gasteiger partial charge on any atom is -0.431 e. The van der Waals surface area contributed by atoms with E-state index < -0.39 is 24.7 Å². The maximum atomic E-state index is 12.2. The first-order chi connectivity index (χ1) is 8.56. The Morgan fingerprint density at radius 1 is 0.722 bits per heavy atom. The number of alkyl halides is 4. The van der Waals surface area contributed by atoms with Gasteiger partial charge >= 0.3 is 13.2 Å². The minimum absolute atomic E-state index is 0.413. The zero-order chi connectivity index (χ0) is 13.1. The van der Waals surface area contributed by atoms with Gasteiger partial charge in [0.1, 0.15) is 0 Å². The molecule has 0 amide bonds. The molecule has 0 aliphatic heterocycles. The average molecular weight is 260 g/mol. The van der Waals surface area contributed by atoms with Crippen molar-refractivity contribution in [1.29, 1.82) is 0 Å². The lowest BCUT2D eigenvalue weighted by Gasteiger charge is -2.12. The van der Waals surface area contributed by atoms with Gasteiger partial charge in [0.25, 0.3) is 0 Å². The normalized spacial score (nSPS) is 11.2. The third-order valence-electron chi connectivity index (χ3n) is 2.24. The molecule has 2 aromatic rings. The zero-order valence-corrected chi connectivity index (χ0v) is 8.95. The van der Waals surface area contributed by atoms with Crippen molar-refractivity contribution in [2.45, 2.75) is 13.2 Å². The third kappa shape index (κ3) is 2.82. The van der Waals surface area contributed by atoms with Crippen LogP contribution in [0.2, 0.25) is 0 Å². The second kappa shape index (κ2) is 5.12. The van der Waals surface area contributed by atoms with Gasteiger partial charge in [0.15, 0.2) is 11.5 Å². The number of hydrogen-bond acceptors (Lipinski definition) is 2. The van der Waals surface area contributed by atoms with Gasteiger partial charge in [0, 0.05) is 0 Å². The third-order valence-corrected chi connectivity index (χ3v) is 2.24. The summed E-state index contributed by atoms with van der Waals surface area (Å²) in [5.74, 6) is -0.826. The van der Waals surface area contributed by atoms with Gasteiger partial charge in [-0.2, -0.15) is 17.6 Å². The van der Waals surface area contributed by atoms with E-state index in [4.69, 9.17) is 0 Å². The highest BCUT2D eigenvalue weighted by Crippen LogP contribution is 2.34. The van der Waals surface area contributed by atoms with E-state index in [2.05, 4.69) is 9.47 Å². The monoisotopic (exact) mass is 260 g/mol. The molecule has 6 heteroatoms. The number of ether oxygens (including phenoxy) is 2. The minimum atomic E-state index is -3.11. The van der Waals surface area contributed by atoms with E-state index in [-0.39, 0.29) is 0 Å². The number of rotatable bonds is 4. The first-order valence-corrected chi connectivity index (χ1v) is 4.98. The van der Waals surface area contributed by atoms with E-state index in [0.29, 0.717) is 10.8 Å². The molecule has 96 valence electrons. The molecule has 0 spiro atoms. The standard InChI is InChI=1S/C12H8F4O2/c13-11(14)17-9-5-7-3-1-2-4-8(7)6-10(9)18-12(15)16/h1-6,11-12H. The lowest BCUT2D eigenvalue weighted by molar-refractivity contribution is -0.0690. The SMILES string of the molecule is FC(F)Oc1cc2ccccc2cc1OC(F)F. The van der Waals surface area contributed by atoms with Gasteiger partial charge in [-0.25, -0.2) is 0 Å². The Balaban J connectivity index is 2.48. The molecule has 0 saturated heterocycles. The van der Waals surface area contributed by atoms with E-state index in [1.807, 2.05) is 0 Å². The van der Waals surface area contributed by atoms with Crippen LogP contribution in [-0.4, -0.2) is 13.2 Å². The molecule has 0 N–H and O–H groups in total. The molecule has 2 nitrogen and oxygen atoms in total. The molecule has 0 aliphatic carbocycles. The Morgan fingerprint density at radius 3 is 1.44 bits per heavy atom. The highest BCUT2D eigenvalue weighted by atomic mass is 19.3. The molecule has 0 aliphatic rings. The molecule has 0 bridgehead atoms. The van der Waals surface area contributed by atoms with Gasteiger partial charge < -0.3 is 9.47 Å². The fourth-order valence-corrected chi connectivity index (χ4v) is 1.57. The van der Waals surface area contributed by atoms with Gasteiger partial charge in [-0.15, -0.1) is 0 Å². The molecule has 0 heterocycles. The number of fused-ring (bicyclic) bond motifs is 1. The maximum absolute atomic E-state index is 12.2. The predicted molar refractivity (Wildman–Crippen MR) is 57.2 cm³/mol. The summed E-state index contributed by atoms with van der Waals surface area (Å²) >= 11 is 0. The number of hydrogen-bond donors (Lipinski definition) is 0. The highest BCUT2D eigenvalue weighted by molar-refractivity contribution is 5.86. The lowest BCUT2D eigenvalue weighted by atomic mass is 10.1. The van der Waals surface area contributed by atoms with Gasteiger partial charge in [-0.1, -0.05) is 24.3 Å². The summed E-state index contributed by atoms with van der Waals surface area (Å²) in [4.78, 5) is 0. The van der Waals surface area contributed by atoms with E-state index >= 15 is 0 Å². The van der Waals surface area contributed by atoms with Crippen molar-refractivity contribution in [2.24, 2.45) is 0 Å². The first kappa shape index (κ1) is 12.5. The van der Waals surface area contributed by atoms with Crippen LogP contribution in [0, 0.1) is 0 Å². The van der Waals surface area contributed by atoms with Crippen LogP contribution in [0.3, 0.4) is 0 Å².